The first kappa shape index (κ1) is 14.5. The van der Waals surface area contributed by atoms with E-state index in [9.17, 15) is 4.39 Å². The van der Waals surface area contributed by atoms with Crippen molar-refractivity contribution in [2.24, 2.45) is 0 Å². The molecule has 0 saturated heterocycles. The quantitative estimate of drug-likeness (QED) is 0.732. The van der Waals surface area contributed by atoms with Crippen molar-refractivity contribution in [3.63, 3.8) is 0 Å². The fourth-order valence-electron chi connectivity index (χ4n) is 3.72. The van der Waals surface area contributed by atoms with E-state index in [1.165, 1.54) is 22.9 Å². The summed E-state index contributed by atoms with van der Waals surface area (Å²) >= 11 is 0. The number of H-pyrrole nitrogens is 1. The zero-order valence-electron chi connectivity index (χ0n) is 13.3. The van der Waals surface area contributed by atoms with Crippen LogP contribution in [0.2, 0.25) is 0 Å². The van der Waals surface area contributed by atoms with E-state index in [0.717, 1.165) is 30.2 Å². The summed E-state index contributed by atoms with van der Waals surface area (Å²) in [6, 6.07) is 16.3. The first-order valence-electron chi connectivity index (χ1n) is 8.30. The zero-order chi connectivity index (χ0) is 15.8. The number of nitrogens with one attached hydrogen (secondary N) is 2. The van der Waals surface area contributed by atoms with Gasteiger partial charge in [0.05, 0.1) is 0 Å². The minimum Gasteiger partial charge on any atom is -0.358 e. The molecule has 3 heteroatoms. The van der Waals surface area contributed by atoms with Crippen molar-refractivity contribution in [3.05, 3.63) is 71.2 Å². The van der Waals surface area contributed by atoms with Gasteiger partial charge in [0.25, 0.3) is 0 Å². The van der Waals surface area contributed by atoms with Gasteiger partial charge in [0, 0.05) is 28.7 Å². The Hall–Kier alpha value is -2.13. The summed E-state index contributed by atoms with van der Waals surface area (Å²) in [7, 11) is 0. The lowest BCUT2D eigenvalue weighted by Crippen LogP contribution is -2.36. The molecule has 1 aliphatic rings. The number of halogens is 1. The number of benzene rings is 2. The van der Waals surface area contributed by atoms with Crippen LogP contribution in [0.4, 0.5) is 4.39 Å². The van der Waals surface area contributed by atoms with Crippen LogP contribution >= 0.6 is 0 Å². The molecular formula is C20H21FN2. The second-order valence-electron chi connectivity index (χ2n) is 6.51. The lowest BCUT2D eigenvalue weighted by atomic mass is 9.90. The van der Waals surface area contributed by atoms with Gasteiger partial charge in [0.15, 0.2) is 0 Å². The summed E-state index contributed by atoms with van der Waals surface area (Å²) in [5.41, 5.74) is 4.91. The molecule has 0 amide bonds. The summed E-state index contributed by atoms with van der Waals surface area (Å²) in [6.07, 6.45) is 3.08. The minimum atomic E-state index is -0.160. The van der Waals surface area contributed by atoms with Gasteiger partial charge in [-0.05, 0) is 55.5 Å². The number of rotatable bonds is 3. The monoisotopic (exact) mass is 308 g/mol. The van der Waals surface area contributed by atoms with Crippen LogP contribution in [0.15, 0.2) is 48.5 Å². The van der Waals surface area contributed by atoms with Gasteiger partial charge in [0.2, 0.25) is 0 Å². The average Bonchev–Trinajstić information content (AvgIpc) is 2.93. The molecule has 4 rings (SSSR count). The summed E-state index contributed by atoms with van der Waals surface area (Å²) in [6.45, 7) is 2.21. The van der Waals surface area contributed by atoms with Crippen molar-refractivity contribution in [3.8, 4) is 0 Å². The molecule has 0 saturated carbocycles. The molecule has 23 heavy (non-hydrogen) atoms. The minimum absolute atomic E-state index is 0.160. The van der Waals surface area contributed by atoms with Crippen molar-refractivity contribution in [2.75, 3.05) is 0 Å². The van der Waals surface area contributed by atoms with E-state index in [1.807, 2.05) is 12.1 Å². The van der Waals surface area contributed by atoms with E-state index in [1.54, 1.807) is 6.07 Å². The molecule has 118 valence electrons. The van der Waals surface area contributed by atoms with E-state index in [-0.39, 0.29) is 5.82 Å². The van der Waals surface area contributed by atoms with Gasteiger partial charge in [-0.15, -0.1) is 0 Å². The van der Waals surface area contributed by atoms with Gasteiger partial charge in [-0.1, -0.05) is 30.3 Å². The van der Waals surface area contributed by atoms with E-state index in [2.05, 4.69) is 41.5 Å². The third-order valence-electron chi connectivity index (χ3n) is 4.94. The van der Waals surface area contributed by atoms with Crippen molar-refractivity contribution in [1.82, 2.24) is 10.3 Å². The van der Waals surface area contributed by atoms with Crippen molar-refractivity contribution in [1.29, 1.82) is 0 Å². The van der Waals surface area contributed by atoms with Crippen LogP contribution < -0.4 is 5.32 Å². The maximum atomic E-state index is 13.6. The van der Waals surface area contributed by atoms with Gasteiger partial charge >= 0.3 is 0 Å². The van der Waals surface area contributed by atoms with E-state index in [0.29, 0.717) is 12.1 Å². The van der Waals surface area contributed by atoms with E-state index >= 15 is 0 Å². The molecule has 2 aromatic carbocycles. The Labute approximate surface area is 135 Å². The Morgan fingerprint density at radius 2 is 2.00 bits per heavy atom. The molecule has 1 heterocycles. The molecule has 2 nitrogen and oxygen atoms in total. The van der Waals surface area contributed by atoms with Gasteiger partial charge in [-0.25, -0.2) is 4.39 Å². The first-order valence-corrected chi connectivity index (χ1v) is 8.30. The summed E-state index contributed by atoms with van der Waals surface area (Å²) < 4.78 is 13.6. The number of aromatic nitrogens is 1. The molecule has 0 aliphatic heterocycles. The lowest BCUT2D eigenvalue weighted by Gasteiger charge is -2.27. The fourth-order valence-corrected chi connectivity index (χ4v) is 3.72. The number of hydrogen-bond acceptors (Lipinski definition) is 1. The van der Waals surface area contributed by atoms with Gasteiger partial charge < -0.3 is 10.3 Å². The average molecular weight is 308 g/mol. The van der Waals surface area contributed by atoms with Gasteiger partial charge in [-0.3, -0.25) is 0 Å². The first-order chi connectivity index (χ1) is 11.2. The number of hydrogen-bond donors (Lipinski definition) is 2. The Morgan fingerprint density at radius 1 is 1.17 bits per heavy atom. The Balaban J connectivity index is 1.56. The van der Waals surface area contributed by atoms with Crippen LogP contribution in [0, 0.1) is 5.82 Å². The molecule has 0 fully saturated rings. The molecule has 0 spiro atoms. The second kappa shape index (κ2) is 5.82. The van der Waals surface area contributed by atoms with E-state index < -0.39 is 0 Å². The molecule has 2 atom stereocenters. The van der Waals surface area contributed by atoms with Crippen molar-refractivity contribution >= 4 is 10.9 Å². The highest BCUT2D eigenvalue weighted by molar-refractivity contribution is 5.85. The topological polar surface area (TPSA) is 27.8 Å². The smallest absolute Gasteiger partial charge is 0.123 e. The summed E-state index contributed by atoms with van der Waals surface area (Å²) in [5, 5.41) is 4.78. The van der Waals surface area contributed by atoms with Crippen LogP contribution in [0.1, 0.15) is 36.2 Å². The van der Waals surface area contributed by atoms with Crippen molar-refractivity contribution < 1.29 is 4.39 Å². The third-order valence-corrected chi connectivity index (χ3v) is 4.94. The Morgan fingerprint density at radius 3 is 2.83 bits per heavy atom. The highest BCUT2D eigenvalue weighted by Gasteiger charge is 2.23. The van der Waals surface area contributed by atoms with Crippen molar-refractivity contribution in [2.45, 2.75) is 38.3 Å². The maximum Gasteiger partial charge on any atom is 0.123 e. The predicted octanol–water partition coefficient (Wildman–Crippen LogP) is 4.52. The predicted molar refractivity (Wildman–Crippen MR) is 92.1 cm³/mol. The third kappa shape index (κ3) is 2.77. The van der Waals surface area contributed by atoms with Crippen LogP contribution in [0.25, 0.3) is 10.9 Å². The number of fused-ring (bicyclic) bond motifs is 3. The zero-order valence-corrected chi connectivity index (χ0v) is 13.3. The van der Waals surface area contributed by atoms with E-state index in [4.69, 9.17) is 0 Å². The second-order valence-corrected chi connectivity index (χ2v) is 6.51. The Bertz CT molecular complexity index is 822. The standard InChI is InChI=1S/C20H21FN2/c1-13(14-5-3-2-4-6-14)22-16-8-10-20-18(12-16)17-11-15(21)7-9-19(17)23-20/h2-7,9,11,13,16,22-23H,8,10,12H2,1H3/t13-,16?/m1/s1. The summed E-state index contributed by atoms with van der Waals surface area (Å²) in [5.74, 6) is -0.160. The van der Waals surface area contributed by atoms with Gasteiger partial charge in [0.1, 0.15) is 5.82 Å². The molecule has 1 aromatic heterocycles. The Kier molecular flexibility index (Phi) is 3.66. The molecule has 2 N–H and O–H groups in total. The van der Waals surface area contributed by atoms with Crippen LogP contribution in [-0.4, -0.2) is 11.0 Å². The molecule has 3 aromatic rings. The molecule has 1 aliphatic carbocycles. The van der Waals surface area contributed by atoms with Crippen LogP contribution in [0.3, 0.4) is 0 Å². The molecule has 0 bridgehead atoms. The largest absolute Gasteiger partial charge is 0.358 e. The van der Waals surface area contributed by atoms with Crippen LogP contribution in [0.5, 0.6) is 0 Å². The fraction of sp³-hybridized carbons (Fsp3) is 0.300. The lowest BCUT2D eigenvalue weighted by molar-refractivity contribution is 0.413. The number of aromatic amines is 1. The SMILES string of the molecule is C[C@@H](NC1CCc2[nH]c3ccc(F)cc3c2C1)c1ccccc1. The highest BCUT2D eigenvalue weighted by atomic mass is 19.1. The van der Waals surface area contributed by atoms with Gasteiger partial charge in [-0.2, -0.15) is 0 Å². The number of aryl methyl sites for hydroxylation is 1. The molecule has 1 unspecified atom stereocenters. The molecule has 0 radical (unpaired) electrons. The van der Waals surface area contributed by atoms with Crippen LogP contribution in [-0.2, 0) is 12.8 Å². The highest BCUT2D eigenvalue weighted by Crippen LogP contribution is 2.30. The maximum absolute atomic E-state index is 13.6. The summed E-state index contributed by atoms with van der Waals surface area (Å²) in [4.78, 5) is 3.45. The normalized spacial score (nSPS) is 18.8. The molecular weight excluding hydrogens is 287 g/mol.